The van der Waals surface area contributed by atoms with Gasteiger partial charge < -0.3 is 14.2 Å². The Hall–Kier alpha value is -2.71. The summed E-state index contributed by atoms with van der Waals surface area (Å²) in [5, 5.41) is 1.56. The van der Waals surface area contributed by atoms with Crippen LogP contribution in [0.5, 0.6) is 0 Å². The molecular formula is C25H20Cl3N3O3S. The maximum absolute atomic E-state index is 13.6. The Labute approximate surface area is 218 Å². The monoisotopic (exact) mass is 547 g/mol. The summed E-state index contributed by atoms with van der Waals surface area (Å²) < 4.78 is 33.3. The number of hydrogen-bond donors (Lipinski definition) is 0. The Morgan fingerprint density at radius 3 is 1.97 bits per heavy atom. The van der Waals surface area contributed by atoms with Gasteiger partial charge in [0.05, 0.1) is 4.90 Å². The Morgan fingerprint density at radius 1 is 0.743 bits per heavy atom. The van der Waals surface area contributed by atoms with E-state index in [1.165, 1.54) is 24.3 Å². The summed E-state index contributed by atoms with van der Waals surface area (Å²) in [6, 6.07) is 20.6. The average Bonchev–Trinajstić information content (AvgIpc) is 3.31. The van der Waals surface area contributed by atoms with Gasteiger partial charge in [0.25, 0.3) is 0 Å². The highest BCUT2D eigenvalue weighted by atomic mass is 35.5. The van der Waals surface area contributed by atoms with Gasteiger partial charge in [-0.15, -0.1) is 0 Å². The summed E-state index contributed by atoms with van der Waals surface area (Å²) in [5.41, 5.74) is 1.65. The third-order valence-electron chi connectivity index (χ3n) is 5.79. The molecule has 0 bridgehead atoms. The molecule has 0 N–H and O–H groups in total. The number of sulfone groups is 1. The van der Waals surface area contributed by atoms with E-state index in [-0.39, 0.29) is 21.7 Å². The molecule has 2 heterocycles. The highest BCUT2D eigenvalue weighted by Gasteiger charge is 2.33. The zero-order chi connectivity index (χ0) is 24.6. The van der Waals surface area contributed by atoms with E-state index in [4.69, 9.17) is 39.2 Å². The van der Waals surface area contributed by atoms with Crippen molar-refractivity contribution in [3.63, 3.8) is 0 Å². The van der Waals surface area contributed by atoms with Crippen LogP contribution in [0.15, 0.2) is 87.1 Å². The van der Waals surface area contributed by atoms with E-state index in [1.807, 2.05) is 29.2 Å². The smallest absolute Gasteiger partial charge is 0.236 e. The SMILES string of the molecule is O=S(=O)(c1ccc(Cl)cc1)c1nc(-c2ccc(Cl)cc2)oc1N1CCN(c2cccc(Cl)c2)CC1. The zero-order valence-electron chi connectivity index (χ0n) is 18.4. The van der Waals surface area contributed by atoms with Crippen molar-refractivity contribution >= 4 is 56.2 Å². The van der Waals surface area contributed by atoms with Crippen LogP contribution in [-0.4, -0.2) is 39.6 Å². The second-order valence-electron chi connectivity index (χ2n) is 8.05. The number of rotatable bonds is 5. The van der Waals surface area contributed by atoms with Crippen LogP contribution in [0.4, 0.5) is 11.6 Å². The first kappa shape index (κ1) is 24.0. The van der Waals surface area contributed by atoms with Gasteiger partial charge in [-0.05, 0) is 66.7 Å². The van der Waals surface area contributed by atoms with Crippen LogP contribution in [0.25, 0.3) is 11.5 Å². The van der Waals surface area contributed by atoms with Crippen molar-refractivity contribution in [2.45, 2.75) is 9.92 Å². The van der Waals surface area contributed by atoms with Gasteiger partial charge in [0.15, 0.2) is 0 Å². The van der Waals surface area contributed by atoms with Crippen molar-refractivity contribution in [3.05, 3.63) is 87.9 Å². The van der Waals surface area contributed by atoms with Crippen LogP contribution in [0, 0.1) is 0 Å². The number of aromatic nitrogens is 1. The third-order valence-corrected chi connectivity index (χ3v) is 8.20. The lowest BCUT2D eigenvalue weighted by Gasteiger charge is -2.36. The summed E-state index contributed by atoms with van der Waals surface area (Å²) in [6.07, 6.45) is 0. The van der Waals surface area contributed by atoms with E-state index < -0.39 is 9.84 Å². The Bertz CT molecular complexity index is 1450. The molecule has 0 amide bonds. The average molecular weight is 549 g/mol. The molecule has 0 spiro atoms. The summed E-state index contributed by atoms with van der Waals surface area (Å²) in [5.74, 6) is 0.428. The van der Waals surface area contributed by atoms with Gasteiger partial charge in [0.2, 0.25) is 26.6 Å². The van der Waals surface area contributed by atoms with Gasteiger partial charge in [-0.1, -0.05) is 40.9 Å². The molecule has 3 aromatic carbocycles. The summed E-state index contributed by atoms with van der Waals surface area (Å²) in [6.45, 7) is 2.42. The number of oxazole rings is 1. The van der Waals surface area contributed by atoms with Crippen LogP contribution >= 0.6 is 34.8 Å². The molecular weight excluding hydrogens is 529 g/mol. The standard InChI is InChI=1S/C25H20Cl3N3O3S/c26-18-6-4-17(5-7-18)23-29-24(35(32,33)22-10-8-19(27)9-11-22)25(34-23)31-14-12-30(13-15-31)21-3-1-2-20(28)16-21/h1-11,16H,12-15H2. The predicted molar refractivity (Wildman–Crippen MR) is 140 cm³/mol. The highest BCUT2D eigenvalue weighted by Crippen LogP contribution is 2.36. The minimum Gasteiger partial charge on any atom is -0.419 e. The fraction of sp³-hybridized carbons (Fsp3) is 0.160. The van der Waals surface area contributed by atoms with Crippen molar-refractivity contribution in [1.29, 1.82) is 0 Å². The number of nitrogens with zero attached hydrogens (tertiary/aromatic N) is 3. The predicted octanol–water partition coefficient (Wildman–Crippen LogP) is 6.46. The van der Waals surface area contributed by atoms with Gasteiger partial charge in [-0.3, -0.25) is 0 Å². The molecule has 5 rings (SSSR count). The number of anilines is 2. The van der Waals surface area contributed by atoms with E-state index >= 15 is 0 Å². The molecule has 180 valence electrons. The van der Waals surface area contributed by atoms with Crippen LogP contribution < -0.4 is 9.80 Å². The quantitative estimate of drug-likeness (QED) is 0.285. The summed E-state index contributed by atoms with van der Waals surface area (Å²) in [7, 11) is -3.96. The van der Waals surface area contributed by atoms with E-state index in [0.29, 0.717) is 46.8 Å². The first-order valence-corrected chi connectivity index (χ1v) is 13.5. The molecule has 1 aliphatic rings. The Balaban J connectivity index is 1.51. The molecule has 1 aliphatic heterocycles. The third kappa shape index (κ3) is 5.00. The number of halogens is 3. The molecule has 4 aromatic rings. The molecule has 0 atom stereocenters. The topological polar surface area (TPSA) is 66.7 Å². The molecule has 6 nitrogen and oxygen atoms in total. The Kier molecular flexibility index (Phi) is 6.68. The number of benzene rings is 3. The largest absolute Gasteiger partial charge is 0.419 e. The summed E-state index contributed by atoms with van der Waals surface area (Å²) in [4.78, 5) is 8.65. The maximum Gasteiger partial charge on any atom is 0.236 e. The molecule has 0 unspecified atom stereocenters. The molecule has 10 heteroatoms. The van der Waals surface area contributed by atoms with E-state index in [1.54, 1.807) is 24.3 Å². The van der Waals surface area contributed by atoms with Crippen molar-refractivity contribution < 1.29 is 12.8 Å². The van der Waals surface area contributed by atoms with Crippen LogP contribution in [0.2, 0.25) is 15.1 Å². The minimum atomic E-state index is -3.96. The van der Waals surface area contributed by atoms with E-state index in [9.17, 15) is 8.42 Å². The summed E-state index contributed by atoms with van der Waals surface area (Å²) >= 11 is 18.1. The van der Waals surface area contributed by atoms with E-state index in [2.05, 4.69) is 9.88 Å². The zero-order valence-corrected chi connectivity index (χ0v) is 21.4. The molecule has 0 saturated carbocycles. The highest BCUT2D eigenvalue weighted by molar-refractivity contribution is 7.91. The van der Waals surface area contributed by atoms with Gasteiger partial charge in [0.1, 0.15) is 0 Å². The van der Waals surface area contributed by atoms with Crippen molar-refractivity contribution in [3.8, 4) is 11.5 Å². The van der Waals surface area contributed by atoms with Crippen LogP contribution in [0.1, 0.15) is 0 Å². The van der Waals surface area contributed by atoms with Gasteiger partial charge in [0, 0.05) is 52.5 Å². The maximum atomic E-state index is 13.6. The molecule has 1 aromatic heterocycles. The van der Waals surface area contributed by atoms with Gasteiger partial charge >= 0.3 is 0 Å². The first-order chi connectivity index (χ1) is 16.8. The van der Waals surface area contributed by atoms with E-state index in [0.717, 1.165) is 5.69 Å². The van der Waals surface area contributed by atoms with Crippen molar-refractivity contribution in [2.24, 2.45) is 0 Å². The fourth-order valence-corrected chi connectivity index (χ4v) is 5.71. The van der Waals surface area contributed by atoms with Gasteiger partial charge in [-0.25, -0.2) is 8.42 Å². The molecule has 0 aliphatic carbocycles. The minimum absolute atomic E-state index is 0.0941. The Morgan fingerprint density at radius 2 is 1.34 bits per heavy atom. The van der Waals surface area contributed by atoms with Crippen LogP contribution in [-0.2, 0) is 9.84 Å². The lowest BCUT2D eigenvalue weighted by atomic mass is 10.2. The molecule has 35 heavy (non-hydrogen) atoms. The lowest BCUT2D eigenvalue weighted by Crippen LogP contribution is -2.46. The fourth-order valence-electron chi connectivity index (χ4n) is 3.95. The first-order valence-electron chi connectivity index (χ1n) is 10.8. The second kappa shape index (κ2) is 9.74. The molecule has 1 fully saturated rings. The number of piperazine rings is 1. The second-order valence-corrected chi connectivity index (χ2v) is 11.2. The molecule has 0 radical (unpaired) electrons. The van der Waals surface area contributed by atoms with Crippen LogP contribution in [0.3, 0.4) is 0 Å². The normalized spacial score (nSPS) is 14.4. The van der Waals surface area contributed by atoms with Gasteiger partial charge in [-0.2, -0.15) is 4.98 Å². The molecule has 1 saturated heterocycles. The van der Waals surface area contributed by atoms with Crippen molar-refractivity contribution in [1.82, 2.24) is 4.98 Å². The lowest BCUT2D eigenvalue weighted by molar-refractivity contribution is 0.525. The number of hydrogen-bond acceptors (Lipinski definition) is 6. The van der Waals surface area contributed by atoms with Crippen molar-refractivity contribution in [2.75, 3.05) is 36.0 Å².